The van der Waals surface area contributed by atoms with Crippen molar-refractivity contribution in [3.8, 4) is 0 Å². The Morgan fingerprint density at radius 2 is 2.24 bits per heavy atom. The quantitative estimate of drug-likeness (QED) is 0.712. The van der Waals surface area contributed by atoms with Crippen molar-refractivity contribution in [2.75, 3.05) is 18.9 Å². The maximum Gasteiger partial charge on any atom is 0.253 e. The molecule has 0 aromatic heterocycles. The van der Waals surface area contributed by atoms with E-state index in [-0.39, 0.29) is 17.9 Å². The highest BCUT2D eigenvalue weighted by Gasteiger charge is 2.42. The first-order chi connectivity index (χ1) is 8.08. The first-order valence-corrected chi connectivity index (χ1v) is 5.89. The highest BCUT2D eigenvalue weighted by molar-refractivity contribution is 6.33. The van der Waals surface area contributed by atoms with Gasteiger partial charge in [-0.25, -0.2) is 0 Å². The van der Waals surface area contributed by atoms with Crippen LogP contribution in [0, 0.1) is 5.41 Å². The van der Waals surface area contributed by atoms with Crippen molar-refractivity contribution in [3.05, 3.63) is 28.8 Å². The molecule has 4 nitrogen and oxygen atoms in total. The third-order valence-corrected chi connectivity index (χ3v) is 3.54. The molecule has 0 atom stereocenters. The molecule has 0 unspecified atom stereocenters. The van der Waals surface area contributed by atoms with Crippen LogP contribution in [0.15, 0.2) is 18.2 Å². The van der Waals surface area contributed by atoms with Crippen LogP contribution in [0.5, 0.6) is 0 Å². The summed E-state index contributed by atoms with van der Waals surface area (Å²) in [4.78, 5) is 11.9. The number of carbonyl (C=O) groups is 1. The number of nitrogens with one attached hydrogen (secondary N) is 1. The number of halogens is 1. The molecule has 2 rings (SSSR count). The number of nitrogens with two attached hydrogens (primary N) is 1. The van der Waals surface area contributed by atoms with E-state index < -0.39 is 0 Å². The maximum atomic E-state index is 11.9. The van der Waals surface area contributed by atoms with E-state index in [0.29, 0.717) is 22.8 Å². The lowest BCUT2D eigenvalue weighted by Crippen LogP contribution is -2.32. The van der Waals surface area contributed by atoms with Crippen molar-refractivity contribution in [2.24, 2.45) is 5.41 Å². The molecule has 5 heteroatoms. The summed E-state index contributed by atoms with van der Waals surface area (Å²) in [5, 5.41) is 12.3. The molecule has 92 valence electrons. The Morgan fingerprint density at radius 1 is 1.53 bits per heavy atom. The summed E-state index contributed by atoms with van der Waals surface area (Å²) >= 11 is 5.84. The summed E-state index contributed by atoms with van der Waals surface area (Å²) in [6.45, 7) is 0.590. The molecular weight excluding hydrogens is 240 g/mol. The van der Waals surface area contributed by atoms with Gasteiger partial charge in [0.25, 0.3) is 5.91 Å². The molecular formula is C12H15ClN2O2. The lowest BCUT2D eigenvalue weighted by molar-refractivity contribution is 0.0936. The topological polar surface area (TPSA) is 75.4 Å². The van der Waals surface area contributed by atoms with Crippen LogP contribution in [-0.4, -0.2) is 24.2 Å². The van der Waals surface area contributed by atoms with Gasteiger partial charge in [0.2, 0.25) is 0 Å². The summed E-state index contributed by atoms with van der Waals surface area (Å²) in [5.74, 6) is -0.246. The number of hydrogen-bond donors (Lipinski definition) is 3. The molecule has 1 aliphatic carbocycles. The molecule has 1 saturated carbocycles. The Bertz CT molecular complexity index is 444. The molecule has 1 aromatic rings. The van der Waals surface area contributed by atoms with Gasteiger partial charge in [-0.2, -0.15) is 0 Å². The van der Waals surface area contributed by atoms with E-state index in [9.17, 15) is 4.79 Å². The van der Waals surface area contributed by atoms with Gasteiger partial charge in [-0.05, 0) is 25.0 Å². The second kappa shape index (κ2) is 4.55. The van der Waals surface area contributed by atoms with E-state index >= 15 is 0 Å². The number of amides is 1. The molecule has 0 spiro atoms. The average molecular weight is 255 g/mol. The lowest BCUT2D eigenvalue weighted by Gasteiger charge is -2.13. The fourth-order valence-electron chi connectivity index (χ4n) is 1.67. The van der Waals surface area contributed by atoms with Gasteiger partial charge < -0.3 is 16.2 Å². The highest BCUT2D eigenvalue weighted by Crippen LogP contribution is 2.44. The zero-order valence-corrected chi connectivity index (χ0v) is 10.1. The molecule has 4 N–H and O–H groups in total. The van der Waals surface area contributed by atoms with E-state index in [1.165, 1.54) is 0 Å². The molecule has 0 aliphatic heterocycles. The Morgan fingerprint density at radius 3 is 2.82 bits per heavy atom. The van der Waals surface area contributed by atoms with E-state index in [1.807, 2.05) is 0 Å². The first kappa shape index (κ1) is 12.2. The van der Waals surface area contributed by atoms with Gasteiger partial charge in [0.15, 0.2) is 0 Å². The number of benzene rings is 1. The predicted molar refractivity (Wildman–Crippen MR) is 67.0 cm³/mol. The van der Waals surface area contributed by atoms with Crippen LogP contribution in [0.25, 0.3) is 0 Å². The summed E-state index contributed by atoms with van der Waals surface area (Å²) in [5.41, 5.74) is 6.29. The Kier molecular flexibility index (Phi) is 3.26. The zero-order chi connectivity index (χ0) is 12.5. The Balaban J connectivity index is 2.02. The Labute approximate surface area is 105 Å². The SMILES string of the molecule is Nc1c(Cl)cccc1C(=O)NCC1(CO)CC1. The van der Waals surface area contributed by atoms with Crippen LogP contribution in [-0.2, 0) is 0 Å². The molecule has 1 aromatic carbocycles. The van der Waals surface area contributed by atoms with Gasteiger partial charge in [0.05, 0.1) is 22.9 Å². The van der Waals surface area contributed by atoms with Crippen molar-refractivity contribution in [2.45, 2.75) is 12.8 Å². The predicted octanol–water partition coefficient (Wildman–Crippen LogP) is 1.42. The van der Waals surface area contributed by atoms with Crippen LogP contribution in [0.2, 0.25) is 5.02 Å². The molecule has 1 amide bonds. The summed E-state index contributed by atoms with van der Waals surface area (Å²) < 4.78 is 0. The lowest BCUT2D eigenvalue weighted by atomic mass is 10.1. The van der Waals surface area contributed by atoms with Crippen molar-refractivity contribution >= 4 is 23.2 Å². The molecule has 1 aliphatic rings. The first-order valence-electron chi connectivity index (χ1n) is 5.51. The summed E-state index contributed by atoms with van der Waals surface area (Å²) in [6, 6.07) is 4.96. The summed E-state index contributed by atoms with van der Waals surface area (Å²) in [7, 11) is 0. The number of carbonyl (C=O) groups excluding carboxylic acids is 1. The fraction of sp³-hybridized carbons (Fsp3) is 0.417. The van der Waals surface area contributed by atoms with Crippen molar-refractivity contribution in [3.63, 3.8) is 0 Å². The van der Waals surface area contributed by atoms with Crippen molar-refractivity contribution in [1.29, 1.82) is 0 Å². The number of aliphatic hydroxyl groups excluding tert-OH is 1. The van der Waals surface area contributed by atoms with Gasteiger partial charge in [0, 0.05) is 12.0 Å². The van der Waals surface area contributed by atoms with Crippen LogP contribution < -0.4 is 11.1 Å². The standard InChI is InChI=1S/C12H15ClN2O2/c13-9-3-1-2-8(10(9)14)11(17)15-6-12(7-16)4-5-12/h1-3,16H,4-7,14H2,(H,15,17). The minimum atomic E-state index is -0.246. The minimum absolute atomic E-state index is 0.108. The number of para-hydroxylation sites is 1. The smallest absolute Gasteiger partial charge is 0.253 e. The van der Waals surface area contributed by atoms with Gasteiger partial charge in [-0.1, -0.05) is 17.7 Å². The number of hydrogen-bond acceptors (Lipinski definition) is 3. The van der Waals surface area contributed by atoms with E-state index in [0.717, 1.165) is 12.8 Å². The molecule has 0 bridgehead atoms. The van der Waals surface area contributed by atoms with Gasteiger partial charge >= 0.3 is 0 Å². The number of nitrogen functional groups attached to an aromatic ring is 1. The third-order valence-electron chi connectivity index (χ3n) is 3.21. The van der Waals surface area contributed by atoms with Crippen LogP contribution in [0.4, 0.5) is 5.69 Å². The van der Waals surface area contributed by atoms with Crippen LogP contribution in [0.1, 0.15) is 23.2 Å². The molecule has 1 fully saturated rings. The maximum absolute atomic E-state index is 11.9. The largest absolute Gasteiger partial charge is 0.397 e. The summed E-state index contributed by atoms with van der Waals surface area (Å²) in [6.07, 6.45) is 1.91. The third kappa shape index (κ3) is 2.53. The van der Waals surface area contributed by atoms with Gasteiger partial charge in [0.1, 0.15) is 0 Å². The monoisotopic (exact) mass is 254 g/mol. The fourth-order valence-corrected chi connectivity index (χ4v) is 1.84. The number of aliphatic hydroxyl groups is 1. The van der Waals surface area contributed by atoms with Gasteiger partial charge in [-0.15, -0.1) is 0 Å². The van der Waals surface area contributed by atoms with Gasteiger partial charge in [-0.3, -0.25) is 4.79 Å². The second-order valence-electron chi connectivity index (χ2n) is 4.54. The van der Waals surface area contributed by atoms with E-state index in [1.54, 1.807) is 18.2 Å². The Hall–Kier alpha value is -1.26. The van der Waals surface area contributed by atoms with Crippen molar-refractivity contribution in [1.82, 2.24) is 5.32 Å². The average Bonchev–Trinajstić information content (AvgIpc) is 3.10. The van der Waals surface area contributed by atoms with Crippen molar-refractivity contribution < 1.29 is 9.90 Å². The molecule has 0 radical (unpaired) electrons. The highest BCUT2D eigenvalue weighted by atomic mass is 35.5. The second-order valence-corrected chi connectivity index (χ2v) is 4.95. The van der Waals surface area contributed by atoms with E-state index in [4.69, 9.17) is 22.4 Å². The normalized spacial score (nSPS) is 16.6. The zero-order valence-electron chi connectivity index (χ0n) is 9.37. The molecule has 17 heavy (non-hydrogen) atoms. The number of rotatable bonds is 4. The van der Waals surface area contributed by atoms with Crippen LogP contribution >= 0.6 is 11.6 Å². The van der Waals surface area contributed by atoms with E-state index in [2.05, 4.69) is 5.32 Å². The number of anilines is 1. The molecule has 0 heterocycles. The molecule has 0 saturated heterocycles. The van der Waals surface area contributed by atoms with Crippen LogP contribution in [0.3, 0.4) is 0 Å². The minimum Gasteiger partial charge on any atom is -0.397 e.